The number of carbonyl (C=O) groups is 1. The van der Waals surface area contributed by atoms with Crippen LogP contribution in [0.3, 0.4) is 0 Å². The maximum atomic E-state index is 13.3. The minimum Gasteiger partial charge on any atom is -0.465 e. The molecule has 3 aromatic rings. The Labute approximate surface area is 168 Å². The van der Waals surface area contributed by atoms with Crippen LogP contribution in [0.1, 0.15) is 22.6 Å². The molecule has 28 heavy (non-hydrogen) atoms. The number of hydrogen-bond acceptors (Lipinski definition) is 5. The predicted molar refractivity (Wildman–Crippen MR) is 104 cm³/mol. The van der Waals surface area contributed by atoms with E-state index in [-0.39, 0.29) is 20.6 Å². The highest BCUT2D eigenvalue weighted by Gasteiger charge is 2.27. The normalized spacial score (nSPS) is 13.5. The fourth-order valence-corrected chi connectivity index (χ4v) is 5.48. The van der Waals surface area contributed by atoms with Crippen molar-refractivity contribution in [1.29, 1.82) is 0 Å². The van der Waals surface area contributed by atoms with Gasteiger partial charge in [-0.2, -0.15) is 0 Å². The van der Waals surface area contributed by atoms with Crippen LogP contribution in [0, 0.1) is 5.82 Å². The van der Waals surface area contributed by atoms with Gasteiger partial charge in [-0.25, -0.2) is 22.6 Å². The Kier molecular flexibility index (Phi) is 4.62. The number of imidazole rings is 1. The number of fused-ring (bicyclic) bond motifs is 3. The van der Waals surface area contributed by atoms with Gasteiger partial charge in [0, 0.05) is 17.4 Å². The quantitative estimate of drug-likeness (QED) is 0.593. The first kappa shape index (κ1) is 18.9. The number of aromatic nitrogens is 2. The van der Waals surface area contributed by atoms with E-state index in [0.29, 0.717) is 5.52 Å². The monoisotopic (exact) mass is 467 g/mol. The van der Waals surface area contributed by atoms with Crippen molar-refractivity contribution in [3.8, 4) is 0 Å². The highest BCUT2D eigenvalue weighted by Crippen LogP contribution is 2.32. The van der Waals surface area contributed by atoms with Crippen LogP contribution < -0.4 is 4.72 Å². The van der Waals surface area contributed by atoms with E-state index in [4.69, 9.17) is 4.74 Å². The molecule has 0 radical (unpaired) electrons. The van der Waals surface area contributed by atoms with Gasteiger partial charge < -0.3 is 9.30 Å². The summed E-state index contributed by atoms with van der Waals surface area (Å²) in [6.45, 7) is 0.792. The molecule has 0 saturated heterocycles. The number of sulfonamides is 1. The zero-order chi connectivity index (χ0) is 20.1. The van der Waals surface area contributed by atoms with Gasteiger partial charge >= 0.3 is 5.97 Å². The summed E-state index contributed by atoms with van der Waals surface area (Å²) in [4.78, 5) is 16.8. The first-order valence-corrected chi connectivity index (χ1v) is 10.7. The van der Waals surface area contributed by atoms with Crippen LogP contribution in [-0.2, 0) is 27.7 Å². The molecular weight excluding hydrogens is 453 g/mol. The van der Waals surface area contributed by atoms with Gasteiger partial charge in [0.2, 0.25) is 0 Å². The lowest BCUT2D eigenvalue weighted by molar-refractivity contribution is 0.0604. The number of nitrogens with one attached hydrogen (secondary N) is 1. The summed E-state index contributed by atoms with van der Waals surface area (Å²) in [5, 5.41) is 0. The second-order valence-electron chi connectivity index (χ2n) is 6.31. The van der Waals surface area contributed by atoms with Crippen molar-refractivity contribution < 1.29 is 22.3 Å². The molecule has 7 nitrogen and oxygen atoms in total. The number of carbonyl (C=O) groups excluding carboxylic acids is 1. The Hall–Kier alpha value is -2.46. The Bertz CT molecular complexity index is 1220. The number of anilines is 1. The van der Waals surface area contributed by atoms with Crippen LogP contribution in [0.25, 0.3) is 11.0 Å². The summed E-state index contributed by atoms with van der Waals surface area (Å²) in [6, 6.07) is 6.48. The molecule has 0 saturated carbocycles. The zero-order valence-corrected chi connectivity index (χ0v) is 17.1. The average molecular weight is 468 g/mol. The van der Waals surface area contributed by atoms with Gasteiger partial charge in [-0.15, -0.1) is 0 Å². The number of ether oxygens (including phenoxy) is 1. The van der Waals surface area contributed by atoms with E-state index < -0.39 is 21.8 Å². The third kappa shape index (κ3) is 3.06. The molecule has 2 aromatic carbocycles. The molecule has 1 N–H and O–H groups in total. The fourth-order valence-electron chi connectivity index (χ4n) is 3.36. The minimum atomic E-state index is -4.09. The number of esters is 1. The van der Waals surface area contributed by atoms with Crippen molar-refractivity contribution >= 4 is 48.6 Å². The molecule has 146 valence electrons. The van der Waals surface area contributed by atoms with Crippen LogP contribution in [0.15, 0.2) is 39.7 Å². The van der Waals surface area contributed by atoms with Crippen molar-refractivity contribution in [3.63, 3.8) is 0 Å². The largest absolute Gasteiger partial charge is 0.465 e. The lowest BCUT2D eigenvalue weighted by Crippen LogP contribution is -2.17. The van der Waals surface area contributed by atoms with Crippen molar-refractivity contribution in [2.24, 2.45) is 0 Å². The topological polar surface area (TPSA) is 90.3 Å². The van der Waals surface area contributed by atoms with E-state index in [1.165, 1.54) is 13.2 Å². The third-order valence-electron chi connectivity index (χ3n) is 4.60. The average Bonchev–Trinajstić information content (AvgIpc) is 3.21. The molecule has 1 aliphatic rings. The van der Waals surface area contributed by atoms with Gasteiger partial charge in [-0.1, -0.05) is 0 Å². The number of rotatable bonds is 4. The number of halogens is 2. The molecule has 0 bridgehead atoms. The Morgan fingerprint density at radius 3 is 2.82 bits per heavy atom. The van der Waals surface area contributed by atoms with Crippen LogP contribution in [0.5, 0.6) is 0 Å². The summed E-state index contributed by atoms with van der Waals surface area (Å²) >= 11 is 3.06. The van der Waals surface area contributed by atoms with E-state index in [1.54, 1.807) is 6.07 Å². The van der Waals surface area contributed by atoms with E-state index >= 15 is 0 Å². The van der Waals surface area contributed by atoms with E-state index in [9.17, 15) is 17.6 Å². The molecule has 0 fully saturated rings. The van der Waals surface area contributed by atoms with Crippen molar-refractivity contribution in [1.82, 2.24) is 9.55 Å². The molecule has 1 aliphatic heterocycles. The predicted octanol–water partition coefficient (Wildman–Crippen LogP) is 3.47. The molecule has 0 unspecified atom stereocenters. The van der Waals surface area contributed by atoms with E-state index in [1.807, 2.05) is 4.57 Å². The first-order chi connectivity index (χ1) is 13.3. The zero-order valence-electron chi connectivity index (χ0n) is 14.7. The third-order valence-corrected chi connectivity index (χ3v) is 6.94. The molecule has 0 atom stereocenters. The van der Waals surface area contributed by atoms with Crippen LogP contribution in [0.2, 0.25) is 0 Å². The van der Waals surface area contributed by atoms with Gasteiger partial charge in [-0.3, -0.25) is 4.72 Å². The van der Waals surface area contributed by atoms with Crippen LogP contribution in [-0.4, -0.2) is 31.0 Å². The van der Waals surface area contributed by atoms with Gasteiger partial charge in [0.25, 0.3) is 10.0 Å². The van der Waals surface area contributed by atoms with Gasteiger partial charge in [0.1, 0.15) is 27.6 Å². The summed E-state index contributed by atoms with van der Waals surface area (Å²) < 4.78 is 48.3. The lowest BCUT2D eigenvalue weighted by atomic mass is 10.1. The molecule has 0 spiro atoms. The molecule has 0 amide bonds. The minimum absolute atomic E-state index is 0.0451. The number of aryl methyl sites for hydroxylation is 2. The molecule has 0 aliphatic carbocycles. The second-order valence-corrected chi connectivity index (χ2v) is 8.82. The molecular formula is C18H15BrFN3O4S. The smallest absolute Gasteiger partial charge is 0.342 e. The highest BCUT2D eigenvalue weighted by atomic mass is 79.9. The Balaban J connectivity index is 1.85. The maximum absolute atomic E-state index is 13.3. The van der Waals surface area contributed by atoms with Crippen molar-refractivity contribution in [2.75, 3.05) is 11.8 Å². The van der Waals surface area contributed by atoms with Crippen molar-refractivity contribution in [3.05, 3.63) is 52.0 Å². The number of nitrogens with zero attached hydrogens (tertiary/aromatic N) is 2. The van der Waals surface area contributed by atoms with Crippen molar-refractivity contribution in [2.45, 2.75) is 24.3 Å². The van der Waals surface area contributed by atoms with E-state index in [0.717, 1.165) is 48.9 Å². The summed E-state index contributed by atoms with van der Waals surface area (Å²) in [5.74, 6) is -0.422. The first-order valence-electron chi connectivity index (χ1n) is 8.40. The summed E-state index contributed by atoms with van der Waals surface area (Å²) in [7, 11) is -2.87. The number of benzene rings is 2. The van der Waals surface area contributed by atoms with Gasteiger partial charge in [-0.05, 0) is 52.7 Å². The van der Waals surface area contributed by atoms with Crippen LogP contribution >= 0.6 is 15.9 Å². The van der Waals surface area contributed by atoms with Crippen LogP contribution in [0.4, 0.5) is 10.1 Å². The molecule has 1 aromatic heterocycles. The van der Waals surface area contributed by atoms with Gasteiger partial charge in [0.15, 0.2) is 0 Å². The van der Waals surface area contributed by atoms with Gasteiger partial charge in [0.05, 0.1) is 18.3 Å². The maximum Gasteiger partial charge on any atom is 0.342 e. The van der Waals surface area contributed by atoms with E-state index in [2.05, 4.69) is 25.6 Å². The standard InChI is InChI=1S/C18H15BrFN3O4S/c1-27-18(24)16-12(5-6-13-17(16)21-15-3-2-8-23(13)15)22-28(25,26)14-7-4-10(20)9-11(14)19/h4-7,9,22H,2-3,8H2,1H3. The Morgan fingerprint density at radius 2 is 2.11 bits per heavy atom. The second kappa shape index (κ2) is 6.85. The SMILES string of the molecule is COC(=O)c1c(NS(=O)(=O)c2ccc(F)cc2Br)ccc2c1nc1n2CCC1. The summed E-state index contributed by atoms with van der Waals surface area (Å²) in [6.07, 6.45) is 1.76. The summed E-state index contributed by atoms with van der Waals surface area (Å²) in [5.41, 5.74) is 1.23. The molecule has 10 heteroatoms. The molecule has 4 rings (SSSR count). The Morgan fingerprint density at radius 1 is 1.32 bits per heavy atom. The fraction of sp³-hybridized carbons (Fsp3) is 0.222. The lowest BCUT2D eigenvalue weighted by Gasteiger charge is -2.13. The highest BCUT2D eigenvalue weighted by molar-refractivity contribution is 9.10. The molecule has 2 heterocycles. The number of methoxy groups -OCH3 is 1. The number of hydrogen-bond donors (Lipinski definition) is 1.